The molecule has 2 aromatic rings. The highest BCUT2D eigenvalue weighted by Gasteiger charge is 2.11. The zero-order valence-electron chi connectivity index (χ0n) is 10.8. The van der Waals surface area contributed by atoms with Crippen LogP contribution in [0.15, 0.2) is 42.5 Å². The molecule has 0 aromatic heterocycles. The van der Waals surface area contributed by atoms with Crippen LogP contribution in [0.3, 0.4) is 0 Å². The van der Waals surface area contributed by atoms with Crippen LogP contribution < -0.4 is 16.2 Å². The average Bonchev–Trinajstić information content (AvgIpc) is 2.42. The molecule has 0 heterocycles. The Balaban J connectivity index is 2.15. The van der Waals surface area contributed by atoms with Gasteiger partial charge in [0.25, 0.3) is 0 Å². The number of nitrogen functional groups attached to an aromatic ring is 2. The molecule has 19 heavy (non-hydrogen) atoms. The maximum Gasteiger partial charge on any atom is 0.123 e. The molecule has 3 nitrogen and oxygen atoms in total. The summed E-state index contributed by atoms with van der Waals surface area (Å²) in [6.45, 7) is 1.95. The van der Waals surface area contributed by atoms with Crippen molar-refractivity contribution in [2.75, 3.05) is 11.5 Å². The van der Waals surface area contributed by atoms with Crippen molar-refractivity contribution >= 4 is 23.0 Å². The lowest BCUT2D eigenvalue weighted by Crippen LogP contribution is -2.07. The lowest BCUT2D eigenvalue weighted by atomic mass is 10.1. The first-order chi connectivity index (χ1) is 9.10. The molecular formula is C15H17ClN2O. The SMILES string of the molecule is CC(Oc1ccc(CCl)cc1)c1cc(N)ccc1N. The average molecular weight is 277 g/mol. The van der Waals surface area contributed by atoms with Gasteiger partial charge in [0.05, 0.1) is 0 Å². The number of hydrogen-bond acceptors (Lipinski definition) is 3. The van der Waals surface area contributed by atoms with Crippen LogP contribution in [0.4, 0.5) is 11.4 Å². The molecule has 0 amide bonds. The summed E-state index contributed by atoms with van der Waals surface area (Å²) in [5.74, 6) is 1.28. The first kappa shape index (κ1) is 13.6. The minimum absolute atomic E-state index is 0.162. The van der Waals surface area contributed by atoms with Crippen LogP contribution in [-0.2, 0) is 5.88 Å². The maximum absolute atomic E-state index is 5.94. The van der Waals surface area contributed by atoms with E-state index in [1.807, 2.05) is 37.3 Å². The number of anilines is 2. The van der Waals surface area contributed by atoms with Crippen molar-refractivity contribution < 1.29 is 4.74 Å². The second kappa shape index (κ2) is 5.85. The van der Waals surface area contributed by atoms with E-state index in [1.165, 1.54) is 0 Å². The minimum Gasteiger partial charge on any atom is -0.486 e. The Morgan fingerprint density at radius 1 is 1.11 bits per heavy atom. The van der Waals surface area contributed by atoms with Crippen molar-refractivity contribution in [3.63, 3.8) is 0 Å². The summed E-state index contributed by atoms with van der Waals surface area (Å²) >= 11 is 5.75. The van der Waals surface area contributed by atoms with Gasteiger partial charge in [-0.2, -0.15) is 0 Å². The molecule has 0 saturated carbocycles. The molecule has 100 valence electrons. The maximum atomic E-state index is 5.94. The van der Waals surface area contributed by atoms with Gasteiger partial charge in [-0.3, -0.25) is 0 Å². The normalized spacial score (nSPS) is 12.1. The molecule has 4 N–H and O–H groups in total. The second-order valence-corrected chi connectivity index (χ2v) is 4.69. The van der Waals surface area contributed by atoms with E-state index in [0.717, 1.165) is 16.9 Å². The lowest BCUT2D eigenvalue weighted by molar-refractivity contribution is 0.227. The molecule has 0 aliphatic carbocycles. The molecule has 1 atom stereocenters. The van der Waals surface area contributed by atoms with Gasteiger partial charge in [0.1, 0.15) is 11.9 Å². The molecule has 0 saturated heterocycles. The summed E-state index contributed by atoms with van der Waals surface area (Å²) in [6.07, 6.45) is -0.162. The van der Waals surface area contributed by atoms with E-state index in [2.05, 4.69) is 0 Å². The Morgan fingerprint density at radius 2 is 1.79 bits per heavy atom. The fourth-order valence-electron chi connectivity index (χ4n) is 1.87. The standard InChI is InChI=1S/C15H17ClN2O/c1-10(14-8-12(17)4-7-15(14)18)19-13-5-2-11(9-16)3-6-13/h2-8,10H,9,17-18H2,1H3. The third-order valence-corrected chi connectivity index (χ3v) is 3.25. The Bertz CT molecular complexity index is 555. The number of hydrogen-bond donors (Lipinski definition) is 2. The van der Waals surface area contributed by atoms with Gasteiger partial charge in [-0.25, -0.2) is 0 Å². The van der Waals surface area contributed by atoms with E-state index in [1.54, 1.807) is 12.1 Å². The Labute approximate surface area is 118 Å². The number of ether oxygens (including phenoxy) is 1. The number of alkyl halides is 1. The highest BCUT2D eigenvalue weighted by atomic mass is 35.5. The molecule has 2 rings (SSSR count). The van der Waals surface area contributed by atoms with Gasteiger partial charge >= 0.3 is 0 Å². The molecule has 0 bridgehead atoms. The van der Waals surface area contributed by atoms with Crippen molar-refractivity contribution in [1.82, 2.24) is 0 Å². The van der Waals surface area contributed by atoms with Crippen LogP contribution in [0.2, 0.25) is 0 Å². The van der Waals surface area contributed by atoms with Crippen molar-refractivity contribution in [3.8, 4) is 5.75 Å². The van der Waals surface area contributed by atoms with Crippen LogP contribution >= 0.6 is 11.6 Å². The summed E-state index contributed by atoms with van der Waals surface area (Å²) in [7, 11) is 0. The summed E-state index contributed by atoms with van der Waals surface area (Å²) in [4.78, 5) is 0. The minimum atomic E-state index is -0.162. The molecule has 2 aromatic carbocycles. The molecular weight excluding hydrogens is 260 g/mol. The van der Waals surface area contributed by atoms with Crippen molar-refractivity contribution in [2.24, 2.45) is 0 Å². The first-order valence-electron chi connectivity index (χ1n) is 6.06. The van der Waals surface area contributed by atoms with Gasteiger partial charge in [0, 0.05) is 22.8 Å². The number of rotatable bonds is 4. The van der Waals surface area contributed by atoms with Crippen LogP contribution in [0.25, 0.3) is 0 Å². The molecule has 1 unspecified atom stereocenters. The van der Waals surface area contributed by atoms with E-state index >= 15 is 0 Å². The first-order valence-corrected chi connectivity index (χ1v) is 6.60. The summed E-state index contributed by atoms with van der Waals surface area (Å²) in [5, 5.41) is 0. The van der Waals surface area contributed by atoms with E-state index in [9.17, 15) is 0 Å². The van der Waals surface area contributed by atoms with Crippen molar-refractivity contribution in [1.29, 1.82) is 0 Å². The largest absolute Gasteiger partial charge is 0.486 e. The molecule has 4 heteroatoms. The predicted molar refractivity (Wildman–Crippen MR) is 80.3 cm³/mol. The Hall–Kier alpha value is -1.87. The number of nitrogens with two attached hydrogens (primary N) is 2. The zero-order chi connectivity index (χ0) is 13.8. The monoisotopic (exact) mass is 276 g/mol. The molecule has 0 spiro atoms. The molecule has 0 radical (unpaired) electrons. The highest BCUT2D eigenvalue weighted by molar-refractivity contribution is 6.17. The number of benzene rings is 2. The highest BCUT2D eigenvalue weighted by Crippen LogP contribution is 2.27. The third kappa shape index (κ3) is 3.32. The van der Waals surface area contributed by atoms with Crippen molar-refractivity contribution in [2.45, 2.75) is 18.9 Å². The van der Waals surface area contributed by atoms with Crippen LogP contribution in [0.5, 0.6) is 5.75 Å². The topological polar surface area (TPSA) is 61.3 Å². The molecule has 0 aliphatic heterocycles. The smallest absolute Gasteiger partial charge is 0.123 e. The fourth-order valence-corrected chi connectivity index (χ4v) is 2.05. The molecule has 0 aliphatic rings. The van der Waals surface area contributed by atoms with Gasteiger partial charge < -0.3 is 16.2 Å². The van der Waals surface area contributed by atoms with Gasteiger partial charge in [-0.1, -0.05) is 12.1 Å². The second-order valence-electron chi connectivity index (χ2n) is 4.43. The lowest BCUT2D eigenvalue weighted by Gasteiger charge is -2.17. The van der Waals surface area contributed by atoms with Crippen molar-refractivity contribution in [3.05, 3.63) is 53.6 Å². The zero-order valence-corrected chi connectivity index (χ0v) is 11.5. The van der Waals surface area contributed by atoms with Gasteiger partial charge in [-0.15, -0.1) is 11.6 Å². The van der Waals surface area contributed by atoms with E-state index < -0.39 is 0 Å². The predicted octanol–water partition coefficient (Wildman–Crippen LogP) is 3.73. The Kier molecular flexibility index (Phi) is 4.17. The number of halogens is 1. The third-order valence-electron chi connectivity index (χ3n) is 2.94. The van der Waals surface area contributed by atoms with E-state index in [-0.39, 0.29) is 6.10 Å². The van der Waals surface area contributed by atoms with Gasteiger partial charge in [-0.05, 0) is 42.8 Å². The Morgan fingerprint density at radius 3 is 2.42 bits per heavy atom. The fraction of sp³-hybridized carbons (Fsp3) is 0.200. The molecule has 0 fully saturated rings. The van der Waals surface area contributed by atoms with Crippen LogP contribution in [0.1, 0.15) is 24.2 Å². The van der Waals surface area contributed by atoms with E-state index in [4.69, 9.17) is 27.8 Å². The van der Waals surface area contributed by atoms with E-state index in [0.29, 0.717) is 17.3 Å². The van der Waals surface area contributed by atoms with Gasteiger partial charge in [0.2, 0.25) is 0 Å². The van der Waals surface area contributed by atoms with Gasteiger partial charge in [0.15, 0.2) is 0 Å². The summed E-state index contributed by atoms with van der Waals surface area (Å²) in [5.41, 5.74) is 15.0. The van der Waals surface area contributed by atoms with Crippen LogP contribution in [-0.4, -0.2) is 0 Å². The van der Waals surface area contributed by atoms with Crippen LogP contribution in [0, 0.1) is 0 Å². The quantitative estimate of drug-likeness (QED) is 0.661. The summed E-state index contributed by atoms with van der Waals surface area (Å²) in [6, 6.07) is 13.1. The summed E-state index contributed by atoms with van der Waals surface area (Å²) < 4.78 is 5.86.